The first-order valence-electron chi connectivity index (χ1n) is 3.46. The lowest BCUT2D eigenvalue weighted by Crippen LogP contribution is -1.85. The molecule has 0 radical (unpaired) electrons. The highest BCUT2D eigenvalue weighted by molar-refractivity contribution is 8.01. The highest BCUT2D eigenvalue weighted by atomic mass is 32.2. The van der Waals surface area contributed by atoms with Gasteiger partial charge in [-0.2, -0.15) is 0 Å². The number of rotatable bonds is 4. The van der Waals surface area contributed by atoms with Crippen molar-refractivity contribution in [1.29, 1.82) is 0 Å². The van der Waals surface area contributed by atoms with E-state index in [1.54, 1.807) is 11.8 Å². The van der Waals surface area contributed by atoms with Crippen LogP contribution in [0.4, 0.5) is 0 Å². The predicted octanol–water partition coefficient (Wildman–Crippen LogP) is 2.94. The smallest absolute Gasteiger partial charge is 0.0326 e. The molecule has 0 saturated heterocycles. The number of aliphatic imine (C=N–C) groups is 1. The second-order valence-corrected chi connectivity index (χ2v) is 3.23. The Kier molecular flexibility index (Phi) is 6.71. The van der Waals surface area contributed by atoms with E-state index in [9.17, 15) is 0 Å². The Morgan fingerprint density at radius 3 is 2.70 bits per heavy atom. The van der Waals surface area contributed by atoms with Crippen molar-refractivity contribution in [1.82, 2.24) is 0 Å². The van der Waals surface area contributed by atoms with Crippen LogP contribution in [0.15, 0.2) is 16.6 Å². The summed E-state index contributed by atoms with van der Waals surface area (Å²) in [4.78, 5) is 4.07. The fourth-order valence-electron chi connectivity index (χ4n) is 0.429. The van der Waals surface area contributed by atoms with Gasteiger partial charge < -0.3 is 0 Å². The van der Waals surface area contributed by atoms with E-state index < -0.39 is 0 Å². The van der Waals surface area contributed by atoms with Crippen LogP contribution in [0, 0.1) is 5.92 Å². The quantitative estimate of drug-likeness (QED) is 0.571. The van der Waals surface area contributed by atoms with Gasteiger partial charge in [0.1, 0.15) is 0 Å². The molecule has 1 nitrogen and oxygen atoms in total. The van der Waals surface area contributed by atoms with Crippen molar-refractivity contribution in [2.45, 2.75) is 20.3 Å². The molecule has 0 aliphatic carbocycles. The van der Waals surface area contributed by atoms with E-state index in [1.807, 2.05) is 24.1 Å². The zero-order valence-corrected chi connectivity index (χ0v) is 7.69. The molecule has 0 heterocycles. The molecule has 0 N–H and O–H groups in total. The normalized spacial score (nSPS) is 12.4. The molecule has 0 spiro atoms. The third kappa shape index (κ3) is 7.76. The summed E-state index contributed by atoms with van der Waals surface area (Å²) >= 11 is 1.67. The Morgan fingerprint density at radius 1 is 1.50 bits per heavy atom. The van der Waals surface area contributed by atoms with E-state index in [2.05, 4.69) is 18.8 Å². The number of hydrogen-bond acceptors (Lipinski definition) is 2. The largest absolute Gasteiger partial charge is 0.269 e. The molecule has 0 aliphatic rings. The molecule has 0 unspecified atom stereocenters. The molecular formula is C8H15NS. The monoisotopic (exact) mass is 157 g/mol. The van der Waals surface area contributed by atoms with Gasteiger partial charge in [0.25, 0.3) is 0 Å². The molecule has 0 aromatic rings. The molecule has 0 amide bonds. The maximum atomic E-state index is 4.07. The van der Waals surface area contributed by atoms with Crippen molar-refractivity contribution < 1.29 is 0 Å². The van der Waals surface area contributed by atoms with Gasteiger partial charge >= 0.3 is 0 Å². The molecule has 0 atom stereocenters. The highest BCUT2D eigenvalue weighted by Gasteiger charge is 1.85. The third-order valence-corrected chi connectivity index (χ3v) is 1.36. The average Bonchev–Trinajstić information content (AvgIpc) is 1.87. The standard InChI is InChI=1S/C8H15NS/c1-8(2)4-5-9-6-7-10-3/h5-8H,4H2,1-3H3/b7-6-,9-5-. The fourth-order valence-corrected chi connectivity index (χ4v) is 0.621. The summed E-state index contributed by atoms with van der Waals surface area (Å²) in [5.74, 6) is 0.714. The lowest BCUT2D eigenvalue weighted by molar-refractivity contribution is 0.690. The van der Waals surface area contributed by atoms with Crippen LogP contribution in [0.1, 0.15) is 20.3 Å². The molecule has 0 aromatic carbocycles. The van der Waals surface area contributed by atoms with Crippen molar-refractivity contribution in [2.24, 2.45) is 10.9 Å². The van der Waals surface area contributed by atoms with E-state index in [0.29, 0.717) is 5.92 Å². The molecule has 0 rings (SSSR count). The Bertz CT molecular complexity index is 116. The van der Waals surface area contributed by atoms with Gasteiger partial charge in [-0.3, -0.25) is 4.99 Å². The molecule has 0 bridgehead atoms. The summed E-state index contributed by atoms with van der Waals surface area (Å²) in [5.41, 5.74) is 0. The average molecular weight is 157 g/mol. The van der Waals surface area contributed by atoms with Crippen molar-refractivity contribution >= 4 is 18.0 Å². The first-order valence-corrected chi connectivity index (χ1v) is 4.75. The Hall–Kier alpha value is -0.240. The van der Waals surface area contributed by atoms with E-state index in [0.717, 1.165) is 6.42 Å². The summed E-state index contributed by atoms with van der Waals surface area (Å²) in [6.45, 7) is 4.37. The molecule has 0 aliphatic heterocycles. The summed E-state index contributed by atoms with van der Waals surface area (Å²) < 4.78 is 0. The van der Waals surface area contributed by atoms with Gasteiger partial charge in [-0.05, 0) is 24.0 Å². The Morgan fingerprint density at radius 2 is 2.20 bits per heavy atom. The zero-order chi connectivity index (χ0) is 7.82. The van der Waals surface area contributed by atoms with Gasteiger partial charge in [0, 0.05) is 12.4 Å². The lowest BCUT2D eigenvalue weighted by atomic mass is 10.2. The minimum absolute atomic E-state index is 0.714. The van der Waals surface area contributed by atoms with E-state index in [-0.39, 0.29) is 0 Å². The summed E-state index contributed by atoms with van der Waals surface area (Å²) in [7, 11) is 0. The minimum Gasteiger partial charge on any atom is -0.269 e. The number of nitrogens with zero attached hydrogens (tertiary/aromatic N) is 1. The van der Waals surface area contributed by atoms with Crippen LogP contribution in [0.3, 0.4) is 0 Å². The summed E-state index contributed by atoms with van der Waals surface area (Å²) in [5, 5.41) is 1.97. The van der Waals surface area contributed by atoms with Crippen molar-refractivity contribution in [3.63, 3.8) is 0 Å². The van der Waals surface area contributed by atoms with Gasteiger partial charge in [-0.1, -0.05) is 13.8 Å². The van der Waals surface area contributed by atoms with Gasteiger partial charge in [0.05, 0.1) is 0 Å². The van der Waals surface area contributed by atoms with Crippen LogP contribution in [0.2, 0.25) is 0 Å². The zero-order valence-electron chi connectivity index (χ0n) is 6.87. The van der Waals surface area contributed by atoms with Gasteiger partial charge in [-0.25, -0.2) is 0 Å². The molecular weight excluding hydrogens is 142 g/mol. The summed E-state index contributed by atoms with van der Waals surface area (Å²) in [6.07, 6.45) is 6.87. The van der Waals surface area contributed by atoms with Crippen LogP contribution < -0.4 is 0 Å². The maximum Gasteiger partial charge on any atom is 0.0326 e. The van der Waals surface area contributed by atoms with Crippen molar-refractivity contribution in [3.8, 4) is 0 Å². The van der Waals surface area contributed by atoms with Gasteiger partial charge in [0.2, 0.25) is 0 Å². The first kappa shape index (κ1) is 9.76. The second-order valence-electron chi connectivity index (χ2n) is 2.48. The van der Waals surface area contributed by atoms with Gasteiger partial charge in [0.15, 0.2) is 0 Å². The topological polar surface area (TPSA) is 12.4 Å². The van der Waals surface area contributed by atoms with Crippen LogP contribution in [-0.4, -0.2) is 12.5 Å². The number of thioether (sulfide) groups is 1. The van der Waals surface area contributed by atoms with Gasteiger partial charge in [-0.15, -0.1) is 11.8 Å². The molecule has 10 heavy (non-hydrogen) atoms. The van der Waals surface area contributed by atoms with E-state index >= 15 is 0 Å². The molecule has 0 fully saturated rings. The van der Waals surface area contributed by atoms with Crippen LogP contribution in [0.5, 0.6) is 0 Å². The molecule has 2 heteroatoms. The van der Waals surface area contributed by atoms with Crippen LogP contribution in [0.25, 0.3) is 0 Å². The summed E-state index contributed by atoms with van der Waals surface area (Å²) in [6, 6.07) is 0. The minimum atomic E-state index is 0.714. The van der Waals surface area contributed by atoms with Crippen molar-refractivity contribution in [2.75, 3.05) is 6.26 Å². The maximum absolute atomic E-state index is 4.07. The van der Waals surface area contributed by atoms with Crippen LogP contribution >= 0.6 is 11.8 Å². The van der Waals surface area contributed by atoms with E-state index in [1.165, 1.54) is 0 Å². The molecule has 0 aromatic heterocycles. The first-order chi connectivity index (χ1) is 4.77. The lowest BCUT2D eigenvalue weighted by Gasteiger charge is -1.93. The Balaban J connectivity index is 3.28. The molecule has 0 saturated carbocycles. The third-order valence-electron chi connectivity index (χ3n) is 0.965. The van der Waals surface area contributed by atoms with Crippen molar-refractivity contribution in [3.05, 3.63) is 11.6 Å². The molecule has 58 valence electrons. The SMILES string of the molecule is CS/C=C\N=C/CC(C)C. The van der Waals surface area contributed by atoms with Crippen LogP contribution in [-0.2, 0) is 0 Å². The predicted molar refractivity (Wildman–Crippen MR) is 50.6 cm³/mol. The van der Waals surface area contributed by atoms with E-state index in [4.69, 9.17) is 0 Å². The Labute approximate surface area is 67.6 Å². The fraction of sp³-hybridized carbons (Fsp3) is 0.625. The highest BCUT2D eigenvalue weighted by Crippen LogP contribution is 1.96. The second kappa shape index (κ2) is 6.87. The number of hydrogen-bond donors (Lipinski definition) is 0.